The summed E-state index contributed by atoms with van der Waals surface area (Å²) in [4.78, 5) is 23.3. The molecule has 5 heteroatoms. The van der Waals surface area contributed by atoms with E-state index in [-0.39, 0.29) is 12.3 Å². The van der Waals surface area contributed by atoms with E-state index in [9.17, 15) is 14.7 Å². The second-order valence-corrected chi connectivity index (χ2v) is 6.71. The number of aliphatic carboxylic acids is 1. The molecular weight excluding hydrogens is 306 g/mol. The predicted molar refractivity (Wildman–Crippen MR) is 92.1 cm³/mol. The van der Waals surface area contributed by atoms with Crippen LogP contribution in [0.1, 0.15) is 57.9 Å². The van der Waals surface area contributed by atoms with E-state index in [1.807, 2.05) is 24.3 Å². The van der Waals surface area contributed by atoms with Gasteiger partial charge in [0, 0.05) is 6.42 Å². The molecule has 0 radical (unpaired) electrons. The van der Waals surface area contributed by atoms with Gasteiger partial charge in [-0.05, 0) is 63.1 Å². The minimum Gasteiger partial charge on any atom is -0.490 e. The van der Waals surface area contributed by atoms with E-state index < -0.39 is 11.5 Å². The Balaban J connectivity index is 1.87. The molecule has 0 spiro atoms. The SMILES string of the molecule is CCC(C)(NC(=O)CCc1cccc(OC2CCCC2)c1)C(=O)O. The summed E-state index contributed by atoms with van der Waals surface area (Å²) >= 11 is 0. The number of benzene rings is 1. The Morgan fingerprint density at radius 3 is 2.67 bits per heavy atom. The lowest BCUT2D eigenvalue weighted by Crippen LogP contribution is -2.51. The summed E-state index contributed by atoms with van der Waals surface area (Å²) < 4.78 is 5.97. The van der Waals surface area contributed by atoms with E-state index in [4.69, 9.17) is 4.74 Å². The number of hydrogen-bond donors (Lipinski definition) is 2. The van der Waals surface area contributed by atoms with Crippen LogP contribution in [0.5, 0.6) is 5.75 Å². The molecule has 1 unspecified atom stereocenters. The van der Waals surface area contributed by atoms with Gasteiger partial charge in [-0.15, -0.1) is 0 Å². The number of carboxylic acids is 1. The van der Waals surface area contributed by atoms with Gasteiger partial charge in [0.1, 0.15) is 11.3 Å². The molecule has 1 aromatic rings. The van der Waals surface area contributed by atoms with Crippen molar-refractivity contribution in [3.63, 3.8) is 0 Å². The smallest absolute Gasteiger partial charge is 0.329 e. The highest BCUT2D eigenvalue weighted by Gasteiger charge is 2.32. The summed E-state index contributed by atoms with van der Waals surface area (Å²) in [5.74, 6) is -0.405. The van der Waals surface area contributed by atoms with Gasteiger partial charge in [-0.2, -0.15) is 0 Å². The lowest BCUT2D eigenvalue weighted by molar-refractivity contribution is -0.147. The van der Waals surface area contributed by atoms with E-state index >= 15 is 0 Å². The molecule has 1 saturated carbocycles. The summed E-state index contributed by atoms with van der Waals surface area (Å²) in [6, 6.07) is 7.82. The number of carbonyl (C=O) groups is 2. The fourth-order valence-corrected chi connectivity index (χ4v) is 2.89. The molecule has 0 saturated heterocycles. The van der Waals surface area contributed by atoms with Gasteiger partial charge in [0.15, 0.2) is 0 Å². The largest absolute Gasteiger partial charge is 0.490 e. The molecule has 132 valence electrons. The van der Waals surface area contributed by atoms with Crippen LogP contribution in [0.4, 0.5) is 0 Å². The maximum absolute atomic E-state index is 12.1. The zero-order valence-electron chi connectivity index (χ0n) is 14.5. The van der Waals surface area contributed by atoms with Gasteiger partial charge in [-0.25, -0.2) is 4.79 Å². The topological polar surface area (TPSA) is 75.6 Å². The third-order valence-corrected chi connectivity index (χ3v) is 4.74. The van der Waals surface area contributed by atoms with Crippen LogP contribution in [-0.2, 0) is 16.0 Å². The van der Waals surface area contributed by atoms with Crippen LogP contribution in [0.15, 0.2) is 24.3 Å². The van der Waals surface area contributed by atoms with Crippen LogP contribution in [-0.4, -0.2) is 28.6 Å². The van der Waals surface area contributed by atoms with Crippen molar-refractivity contribution in [1.29, 1.82) is 0 Å². The monoisotopic (exact) mass is 333 g/mol. The third-order valence-electron chi connectivity index (χ3n) is 4.74. The standard InChI is InChI=1S/C19H27NO4/c1-3-19(2,18(22)23)20-17(21)12-11-14-7-6-10-16(13-14)24-15-8-4-5-9-15/h6-7,10,13,15H,3-5,8-9,11-12H2,1-2H3,(H,20,21)(H,22,23). The Morgan fingerprint density at radius 2 is 2.04 bits per heavy atom. The third kappa shape index (κ3) is 4.98. The van der Waals surface area contributed by atoms with Crippen molar-refractivity contribution >= 4 is 11.9 Å². The molecule has 0 heterocycles. The summed E-state index contributed by atoms with van der Waals surface area (Å²) in [7, 11) is 0. The molecule has 0 aromatic heterocycles. The number of amides is 1. The second-order valence-electron chi connectivity index (χ2n) is 6.71. The summed E-state index contributed by atoms with van der Waals surface area (Å²) in [5.41, 5.74) is -0.181. The molecule has 1 fully saturated rings. The molecule has 5 nitrogen and oxygen atoms in total. The van der Waals surface area contributed by atoms with E-state index in [2.05, 4.69) is 5.32 Å². The molecule has 2 rings (SSSR count). The quantitative estimate of drug-likeness (QED) is 0.765. The summed E-state index contributed by atoms with van der Waals surface area (Å²) in [5, 5.41) is 11.8. The van der Waals surface area contributed by atoms with Crippen molar-refractivity contribution < 1.29 is 19.4 Å². The van der Waals surface area contributed by atoms with Gasteiger partial charge in [-0.1, -0.05) is 19.1 Å². The Morgan fingerprint density at radius 1 is 1.33 bits per heavy atom. The minimum atomic E-state index is -1.20. The predicted octanol–water partition coefficient (Wildman–Crippen LogP) is 3.31. The number of carbonyl (C=O) groups excluding carboxylic acids is 1. The maximum atomic E-state index is 12.1. The number of ether oxygens (including phenoxy) is 1. The molecule has 1 aromatic carbocycles. The fraction of sp³-hybridized carbons (Fsp3) is 0.579. The highest BCUT2D eigenvalue weighted by atomic mass is 16.5. The number of nitrogens with one attached hydrogen (secondary N) is 1. The van der Waals surface area contributed by atoms with Crippen molar-refractivity contribution in [2.45, 2.75) is 70.4 Å². The first-order valence-electron chi connectivity index (χ1n) is 8.73. The summed E-state index contributed by atoms with van der Waals surface area (Å²) in [6.07, 6.45) is 6.15. The first kappa shape index (κ1) is 18.3. The van der Waals surface area contributed by atoms with E-state index in [1.54, 1.807) is 6.92 Å². The zero-order valence-corrected chi connectivity index (χ0v) is 14.5. The molecular formula is C19H27NO4. The fourth-order valence-electron chi connectivity index (χ4n) is 2.89. The van der Waals surface area contributed by atoms with Gasteiger partial charge < -0.3 is 15.2 Å². The van der Waals surface area contributed by atoms with Gasteiger partial charge in [0.2, 0.25) is 5.91 Å². The van der Waals surface area contributed by atoms with Crippen molar-refractivity contribution in [2.24, 2.45) is 0 Å². The van der Waals surface area contributed by atoms with Crippen molar-refractivity contribution in [3.8, 4) is 5.75 Å². The van der Waals surface area contributed by atoms with Crippen LogP contribution in [0.3, 0.4) is 0 Å². The zero-order chi connectivity index (χ0) is 17.6. The molecule has 2 N–H and O–H groups in total. The lowest BCUT2D eigenvalue weighted by Gasteiger charge is -2.24. The van der Waals surface area contributed by atoms with E-state index in [0.717, 1.165) is 24.2 Å². The van der Waals surface area contributed by atoms with Gasteiger partial charge in [-0.3, -0.25) is 4.79 Å². The average Bonchev–Trinajstić information content (AvgIpc) is 3.06. The van der Waals surface area contributed by atoms with Crippen LogP contribution < -0.4 is 10.1 Å². The van der Waals surface area contributed by atoms with E-state index in [0.29, 0.717) is 18.9 Å². The first-order valence-corrected chi connectivity index (χ1v) is 8.73. The minimum absolute atomic E-state index is 0.246. The highest BCUT2D eigenvalue weighted by molar-refractivity contribution is 5.86. The Bertz CT molecular complexity index is 580. The van der Waals surface area contributed by atoms with Gasteiger partial charge in [0.25, 0.3) is 0 Å². The number of aryl methyl sites for hydroxylation is 1. The number of carboxylic acid groups (broad SMARTS) is 1. The van der Waals surface area contributed by atoms with Gasteiger partial charge >= 0.3 is 5.97 Å². The summed E-state index contributed by atoms with van der Waals surface area (Å²) in [6.45, 7) is 3.28. The molecule has 1 atom stereocenters. The van der Waals surface area contributed by atoms with Crippen LogP contribution >= 0.6 is 0 Å². The molecule has 1 aliphatic carbocycles. The maximum Gasteiger partial charge on any atom is 0.329 e. The lowest BCUT2D eigenvalue weighted by atomic mass is 9.98. The average molecular weight is 333 g/mol. The molecule has 0 bridgehead atoms. The van der Waals surface area contributed by atoms with Crippen molar-refractivity contribution in [3.05, 3.63) is 29.8 Å². The van der Waals surface area contributed by atoms with Crippen LogP contribution in [0.2, 0.25) is 0 Å². The van der Waals surface area contributed by atoms with Gasteiger partial charge in [0.05, 0.1) is 6.10 Å². The Kier molecular flexibility index (Phi) is 6.23. The Labute approximate surface area is 143 Å². The molecule has 1 aliphatic rings. The van der Waals surface area contributed by atoms with Crippen LogP contribution in [0, 0.1) is 0 Å². The van der Waals surface area contributed by atoms with Crippen LogP contribution in [0.25, 0.3) is 0 Å². The molecule has 1 amide bonds. The van der Waals surface area contributed by atoms with E-state index in [1.165, 1.54) is 19.8 Å². The normalized spacial score (nSPS) is 17.2. The first-order chi connectivity index (χ1) is 11.4. The number of rotatable bonds is 8. The Hall–Kier alpha value is -2.04. The molecule has 24 heavy (non-hydrogen) atoms. The highest BCUT2D eigenvalue weighted by Crippen LogP contribution is 2.24. The second kappa shape index (κ2) is 8.18. The number of hydrogen-bond acceptors (Lipinski definition) is 3. The van der Waals surface area contributed by atoms with Crippen molar-refractivity contribution in [1.82, 2.24) is 5.32 Å². The van der Waals surface area contributed by atoms with Crippen molar-refractivity contribution in [2.75, 3.05) is 0 Å². The molecule has 0 aliphatic heterocycles.